The highest BCUT2D eigenvalue weighted by atomic mass is 19.1. The lowest BCUT2D eigenvalue weighted by Gasteiger charge is -2.30. The van der Waals surface area contributed by atoms with E-state index in [9.17, 15) is 4.39 Å². The molecule has 18 heavy (non-hydrogen) atoms. The SMILES string of the molecule is CCNC1CCCC(c2ccc(OC)c(F)c2)C1. The second kappa shape index (κ2) is 6.19. The van der Waals surface area contributed by atoms with Gasteiger partial charge in [0.25, 0.3) is 0 Å². The first-order valence-corrected chi connectivity index (χ1v) is 6.81. The Morgan fingerprint density at radius 3 is 2.89 bits per heavy atom. The highest BCUT2D eigenvalue weighted by Gasteiger charge is 2.23. The fourth-order valence-corrected chi connectivity index (χ4v) is 2.90. The summed E-state index contributed by atoms with van der Waals surface area (Å²) in [5.41, 5.74) is 1.11. The third-order valence-electron chi connectivity index (χ3n) is 3.81. The van der Waals surface area contributed by atoms with Gasteiger partial charge >= 0.3 is 0 Å². The van der Waals surface area contributed by atoms with Crippen molar-refractivity contribution >= 4 is 0 Å². The molecule has 100 valence electrons. The predicted octanol–water partition coefficient (Wildman–Crippen LogP) is 3.47. The first-order valence-electron chi connectivity index (χ1n) is 6.81. The summed E-state index contributed by atoms with van der Waals surface area (Å²) in [5, 5.41) is 3.50. The van der Waals surface area contributed by atoms with E-state index in [1.54, 1.807) is 12.1 Å². The molecule has 2 atom stereocenters. The van der Waals surface area contributed by atoms with Gasteiger partial charge < -0.3 is 10.1 Å². The minimum absolute atomic E-state index is 0.249. The van der Waals surface area contributed by atoms with Crippen LogP contribution in [-0.2, 0) is 0 Å². The molecule has 1 aromatic rings. The number of methoxy groups -OCH3 is 1. The van der Waals surface area contributed by atoms with E-state index in [2.05, 4.69) is 12.2 Å². The number of hydrogen-bond acceptors (Lipinski definition) is 2. The fraction of sp³-hybridized carbons (Fsp3) is 0.600. The molecule has 0 aromatic heterocycles. The van der Waals surface area contributed by atoms with Crippen molar-refractivity contribution < 1.29 is 9.13 Å². The minimum atomic E-state index is -0.249. The van der Waals surface area contributed by atoms with E-state index in [0.717, 1.165) is 24.9 Å². The van der Waals surface area contributed by atoms with Crippen molar-refractivity contribution in [3.05, 3.63) is 29.6 Å². The Morgan fingerprint density at radius 2 is 2.22 bits per heavy atom. The Bertz CT molecular complexity index is 392. The van der Waals surface area contributed by atoms with Crippen molar-refractivity contribution in [2.75, 3.05) is 13.7 Å². The van der Waals surface area contributed by atoms with Crippen molar-refractivity contribution in [1.29, 1.82) is 0 Å². The van der Waals surface area contributed by atoms with Crippen LogP contribution in [0.25, 0.3) is 0 Å². The molecule has 0 bridgehead atoms. The number of rotatable bonds is 4. The Labute approximate surface area is 109 Å². The van der Waals surface area contributed by atoms with Crippen molar-refractivity contribution in [1.82, 2.24) is 5.32 Å². The standard InChI is InChI=1S/C15H22FNO/c1-3-17-13-6-4-5-11(9-13)12-7-8-15(18-2)14(16)10-12/h7-8,10-11,13,17H,3-6,9H2,1-2H3. The highest BCUT2D eigenvalue weighted by Crippen LogP contribution is 2.34. The lowest BCUT2D eigenvalue weighted by Crippen LogP contribution is -2.33. The minimum Gasteiger partial charge on any atom is -0.494 e. The van der Waals surface area contributed by atoms with Gasteiger partial charge in [-0.3, -0.25) is 0 Å². The summed E-state index contributed by atoms with van der Waals surface area (Å²) in [7, 11) is 1.50. The van der Waals surface area contributed by atoms with Gasteiger partial charge in [0.15, 0.2) is 11.6 Å². The zero-order valence-electron chi connectivity index (χ0n) is 11.2. The molecular weight excluding hydrogens is 229 g/mol. The van der Waals surface area contributed by atoms with Crippen LogP contribution in [0.15, 0.2) is 18.2 Å². The van der Waals surface area contributed by atoms with Crippen molar-refractivity contribution in [3.8, 4) is 5.75 Å². The van der Waals surface area contributed by atoms with Gasteiger partial charge in [-0.1, -0.05) is 19.4 Å². The number of nitrogens with one attached hydrogen (secondary N) is 1. The molecular formula is C15H22FNO. The summed E-state index contributed by atoms with van der Waals surface area (Å²) in [5.74, 6) is 0.557. The number of halogens is 1. The van der Waals surface area contributed by atoms with Gasteiger partial charge in [-0.25, -0.2) is 4.39 Å². The largest absolute Gasteiger partial charge is 0.494 e. The van der Waals surface area contributed by atoms with E-state index in [1.165, 1.54) is 20.0 Å². The maximum Gasteiger partial charge on any atom is 0.165 e. The van der Waals surface area contributed by atoms with Crippen LogP contribution in [0.2, 0.25) is 0 Å². The molecule has 0 aliphatic heterocycles. The molecule has 1 aliphatic rings. The van der Waals surface area contributed by atoms with Gasteiger partial charge in [0.2, 0.25) is 0 Å². The van der Waals surface area contributed by atoms with Crippen LogP contribution >= 0.6 is 0 Å². The van der Waals surface area contributed by atoms with Crippen LogP contribution < -0.4 is 10.1 Å². The second-order valence-corrected chi connectivity index (χ2v) is 5.01. The third-order valence-corrected chi connectivity index (χ3v) is 3.81. The molecule has 0 radical (unpaired) electrons. The summed E-state index contributed by atoms with van der Waals surface area (Å²) < 4.78 is 18.7. The molecule has 2 nitrogen and oxygen atoms in total. The Kier molecular flexibility index (Phi) is 4.59. The first-order chi connectivity index (χ1) is 8.74. The highest BCUT2D eigenvalue weighted by molar-refractivity contribution is 5.31. The summed E-state index contributed by atoms with van der Waals surface area (Å²) >= 11 is 0. The molecule has 1 N–H and O–H groups in total. The van der Waals surface area contributed by atoms with Crippen LogP contribution in [0, 0.1) is 5.82 Å². The summed E-state index contributed by atoms with van der Waals surface area (Å²) in [6.45, 7) is 3.14. The van der Waals surface area contributed by atoms with E-state index < -0.39 is 0 Å². The lowest BCUT2D eigenvalue weighted by atomic mass is 9.81. The number of benzene rings is 1. The maximum absolute atomic E-state index is 13.7. The van der Waals surface area contributed by atoms with Gasteiger partial charge in [-0.2, -0.15) is 0 Å². The molecule has 1 saturated carbocycles. The average Bonchev–Trinajstić information content (AvgIpc) is 2.39. The summed E-state index contributed by atoms with van der Waals surface area (Å²) in [4.78, 5) is 0. The molecule has 0 heterocycles. The molecule has 2 rings (SSSR count). The molecule has 2 unspecified atom stereocenters. The van der Waals surface area contributed by atoms with Gasteiger partial charge in [-0.05, 0) is 49.4 Å². The van der Waals surface area contributed by atoms with Crippen LogP contribution in [0.4, 0.5) is 4.39 Å². The smallest absolute Gasteiger partial charge is 0.165 e. The van der Waals surface area contributed by atoms with E-state index in [-0.39, 0.29) is 5.82 Å². The lowest BCUT2D eigenvalue weighted by molar-refractivity contribution is 0.342. The third kappa shape index (κ3) is 3.02. The zero-order valence-corrected chi connectivity index (χ0v) is 11.2. The molecule has 0 spiro atoms. The fourth-order valence-electron chi connectivity index (χ4n) is 2.90. The monoisotopic (exact) mass is 251 g/mol. The zero-order chi connectivity index (χ0) is 13.0. The van der Waals surface area contributed by atoms with Gasteiger partial charge in [0.05, 0.1) is 7.11 Å². The van der Waals surface area contributed by atoms with Gasteiger partial charge in [0, 0.05) is 6.04 Å². The van der Waals surface area contributed by atoms with Gasteiger partial charge in [0.1, 0.15) is 0 Å². The Hall–Kier alpha value is -1.09. The summed E-state index contributed by atoms with van der Waals surface area (Å²) in [6, 6.07) is 5.96. The maximum atomic E-state index is 13.7. The number of hydrogen-bond donors (Lipinski definition) is 1. The molecule has 0 saturated heterocycles. The van der Waals surface area contributed by atoms with Crippen molar-refractivity contribution in [2.45, 2.75) is 44.6 Å². The summed E-state index contributed by atoms with van der Waals surface area (Å²) in [6.07, 6.45) is 4.73. The number of ether oxygens (including phenoxy) is 1. The Morgan fingerprint density at radius 1 is 1.39 bits per heavy atom. The normalized spacial score (nSPS) is 23.9. The van der Waals surface area contributed by atoms with Crippen LogP contribution in [-0.4, -0.2) is 19.7 Å². The van der Waals surface area contributed by atoms with E-state index in [0.29, 0.717) is 17.7 Å². The topological polar surface area (TPSA) is 21.3 Å². The first kappa shape index (κ1) is 13.3. The molecule has 1 aliphatic carbocycles. The molecule has 3 heteroatoms. The van der Waals surface area contributed by atoms with Crippen LogP contribution in [0.3, 0.4) is 0 Å². The second-order valence-electron chi connectivity index (χ2n) is 5.01. The van der Waals surface area contributed by atoms with Crippen molar-refractivity contribution in [3.63, 3.8) is 0 Å². The predicted molar refractivity (Wildman–Crippen MR) is 71.6 cm³/mol. The van der Waals surface area contributed by atoms with Crippen LogP contribution in [0.5, 0.6) is 5.75 Å². The Balaban J connectivity index is 2.08. The van der Waals surface area contributed by atoms with E-state index in [1.807, 2.05) is 6.07 Å². The molecule has 1 aromatic carbocycles. The van der Waals surface area contributed by atoms with E-state index >= 15 is 0 Å². The van der Waals surface area contributed by atoms with E-state index in [4.69, 9.17) is 4.74 Å². The van der Waals surface area contributed by atoms with Gasteiger partial charge in [-0.15, -0.1) is 0 Å². The molecule has 1 fully saturated rings. The van der Waals surface area contributed by atoms with Crippen LogP contribution in [0.1, 0.15) is 44.1 Å². The van der Waals surface area contributed by atoms with Crippen molar-refractivity contribution in [2.24, 2.45) is 0 Å². The molecule has 0 amide bonds. The average molecular weight is 251 g/mol. The quantitative estimate of drug-likeness (QED) is 0.884.